The van der Waals surface area contributed by atoms with Crippen molar-refractivity contribution in [1.82, 2.24) is 19.2 Å². The summed E-state index contributed by atoms with van der Waals surface area (Å²) in [6, 6.07) is 0.390. The summed E-state index contributed by atoms with van der Waals surface area (Å²) in [5.74, 6) is -0.265. The fourth-order valence-corrected chi connectivity index (χ4v) is 5.61. The molecule has 1 aromatic rings. The average molecular weight is 411 g/mol. The second-order valence-electron chi connectivity index (χ2n) is 8.51. The summed E-state index contributed by atoms with van der Waals surface area (Å²) >= 11 is 0. The fourth-order valence-electron chi connectivity index (χ4n) is 4.16. The lowest BCUT2D eigenvalue weighted by Gasteiger charge is -2.32. The van der Waals surface area contributed by atoms with Crippen LogP contribution in [0, 0.1) is 5.92 Å². The third-order valence-corrected chi connectivity index (χ3v) is 7.74. The van der Waals surface area contributed by atoms with Crippen LogP contribution in [0.15, 0.2) is 17.6 Å². The normalized spacial score (nSPS) is 23.3. The predicted molar refractivity (Wildman–Crippen MR) is 108 cm³/mol. The van der Waals surface area contributed by atoms with Crippen LogP contribution in [-0.2, 0) is 14.8 Å². The molecule has 28 heavy (non-hydrogen) atoms. The highest BCUT2D eigenvalue weighted by atomic mass is 32.2. The van der Waals surface area contributed by atoms with Gasteiger partial charge in [-0.05, 0) is 39.5 Å². The van der Waals surface area contributed by atoms with E-state index in [9.17, 15) is 13.2 Å². The highest BCUT2D eigenvalue weighted by Gasteiger charge is 2.35. The number of hydrogen-bond donors (Lipinski definition) is 1. The van der Waals surface area contributed by atoms with E-state index in [4.69, 9.17) is 0 Å². The standard InChI is InChI=1S/C20H34N4O3S/c1-16(2)23-14-19(21-15-23)28(26,27)24-12-8-9-17(13-24)20(25)22-18-10-6-4-3-5-7-11-18/h14-18H,3-13H2,1-2H3,(H,22,25). The lowest BCUT2D eigenvalue weighted by molar-refractivity contribution is -0.126. The molecule has 1 aliphatic heterocycles. The smallest absolute Gasteiger partial charge is 0.262 e. The number of imidazole rings is 1. The van der Waals surface area contributed by atoms with Crippen LogP contribution < -0.4 is 5.32 Å². The van der Waals surface area contributed by atoms with E-state index >= 15 is 0 Å². The van der Waals surface area contributed by atoms with Gasteiger partial charge in [-0.3, -0.25) is 4.79 Å². The molecule has 1 N–H and O–H groups in total. The van der Waals surface area contributed by atoms with Crippen molar-refractivity contribution < 1.29 is 13.2 Å². The Morgan fingerprint density at radius 1 is 1.11 bits per heavy atom. The van der Waals surface area contributed by atoms with Gasteiger partial charge in [-0.2, -0.15) is 4.31 Å². The molecular weight excluding hydrogens is 376 g/mol. The van der Waals surface area contributed by atoms with E-state index in [2.05, 4.69) is 10.3 Å². The van der Waals surface area contributed by atoms with Crippen LogP contribution in [0.1, 0.15) is 77.7 Å². The molecule has 0 spiro atoms. The zero-order valence-electron chi connectivity index (χ0n) is 17.1. The molecule has 1 unspecified atom stereocenters. The van der Waals surface area contributed by atoms with Crippen LogP contribution >= 0.6 is 0 Å². The molecule has 7 nitrogen and oxygen atoms in total. The number of amides is 1. The van der Waals surface area contributed by atoms with E-state index in [0.29, 0.717) is 13.0 Å². The highest BCUT2D eigenvalue weighted by Crippen LogP contribution is 2.24. The van der Waals surface area contributed by atoms with E-state index in [0.717, 1.165) is 32.1 Å². The van der Waals surface area contributed by atoms with Gasteiger partial charge in [0.15, 0.2) is 5.03 Å². The number of carbonyl (C=O) groups is 1. The first-order chi connectivity index (χ1) is 13.4. The van der Waals surface area contributed by atoms with Crippen molar-refractivity contribution in [2.24, 2.45) is 5.92 Å². The number of carbonyl (C=O) groups excluding carboxylic acids is 1. The number of sulfonamides is 1. The van der Waals surface area contributed by atoms with E-state index in [-0.39, 0.29) is 35.5 Å². The predicted octanol–water partition coefficient (Wildman–Crippen LogP) is 3.09. The topological polar surface area (TPSA) is 84.3 Å². The molecule has 1 saturated carbocycles. The van der Waals surface area contributed by atoms with Gasteiger partial charge in [-0.25, -0.2) is 13.4 Å². The van der Waals surface area contributed by atoms with Crippen molar-refractivity contribution >= 4 is 15.9 Å². The summed E-state index contributed by atoms with van der Waals surface area (Å²) in [4.78, 5) is 16.9. The first-order valence-electron chi connectivity index (χ1n) is 10.7. The minimum atomic E-state index is -3.66. The molecular formula is C20H34N4O3S. The maximum Gasteiger partial charge on any atom is 0.262 e. The number of piperidine rings is 1. The van der Waals surface area contributed by atoms with E-state index in [1.807, 2.05) is 13.8 Å². The first kappa shape index (κ1) is 21.3. The summed E-state index contributed by atoms with van der Waals surface area (Å²) in [5.41, 5.74) is 0. The monoisotopic (exact) mass is 410 g/mol. The second kappa shape index (κ2) is 9.39. The summed E-state index contributed by atoms with van der Waals surface area (Å²) in [7, 11) is -3.66. The van der Waals surface area contributed by atoms with Crippen LogP contribution in [0.5, 0.6) is 0 Å². The molecule has 8 heteroatoms. The Balaban J connectivity index is 1.62. The molecule has 1 aromatic heterocycles. The molecule has 0 radical (unpaired) electrons. The molecule has 1 aliphatic carbocycles. The van der Waals surface area contributed by atoms with Gasteiger partial charge >= 0.3 is 0 Å². The number of nitrogens with one attached hydrogen (secondary N) is 1. The van der Waals surface area contributed by atoms with Gasteiger partial charge in [0.1, 0.15) is 0 Å². The van der Waals surface area contributed by atoms with Gasteiger partial charge in [0.05, 0.1) is 12.2 Å². The molecule has 2 heterocycles. The van der Waals surface area contributed by atoms with Crippen molar-refractivity contribution in [2.75, 3.05) is 13.1 Å². The molecule has 2 fully saturated rings. The van der Waals surface area contributed by atoms with E-state index in [1.54, 1.807) is 17.1 Å². The van der Waals surface area contributed by atoms with Gasteiger partial charge in [0, 0.05) is 31.4 Å². The van der Waals surface area contributed by atoms with Gasteiger partial charge in [-0.15, -0.1) is 0 Å². The van der Waals surface area contributed by atoms with Crippen LogP contribution in [0.25, 0.3) is 0 Å². The fraction of sp³-hybridized carbons (Fsp3) is 0.800. The van der Waals surface area contributed by atoms with Gasteiger partial charge in [-0.1, -0.05) is 32.1 Å². The molecule has 3 rings (SSSR count). The Bertz CT molecular complexity index is 751. The van der Waals surface area contributed by atoms with E-state index in [1.165, 1.54) is 23.6 Å². The van der Waals surface area contributed by atoms with Crippen LogP contribution in [0.2, 0.25) is 0 Å². The molecule has 1 amide bonds. The maximum absolute atomic E-state index is 13.0. The Morgan fingerprint density at radius 3 is 2.43 bits per heavy atom. The summed E-state index contributed by atoms with van der Waals surface area (Å²) < 4.78 is 29.2. The largest absolute Gasteiger partial charge is 0.353 e. The molecule has 2 aliphatic rings. The summed E-state index contributed by atoms with van der Waals surface area (Å²) in [6.07, 6.45) is 12.7. The van der Waals surface area contributed by atoms with Crippen LogP contribution in [-0.4, -0.2) is 47.3 Å². The van der Waals surface area contributed by atoms with Crippen molar-refractivity contribution in [3.63, 3.8) is 0 Å². The Labute approximate surface area is 168 Å². The zero-order valence-corrected chi connectivity index (χ0v) is 18.0. The summed E-state index contributed by atoms with van der Waals surface area (Å²) in [6.45, 7) is 4.66. The minimum Gasteiger partial charge on any atom is -0.353 e. The molecule has 0 aromatic carbocycles. The molecule has 158 valence electrons. The number of rotatable bonds is 5. The van der Waals surface area contributed by atoms with Gasteiger partial charge in [0.2, 0.25) is 5.91 Å². The van der Waals surface area contributed by atoms with Gasteiger partial charge < -0.3 is 9.88 Å². The molecule has 0 bridgehead atoms. The van der Waals surface area contributed by atoms with Crippen LogP contribution in [0.4, 0.5) is 0 Å². The van der Waals surface area contributed by atoms with Gasteiger partial charge in [0.25, 0.3) is 10.0 Å². The minimum absolute atomic E-state index is 0.0122. The molecule has 1 atom stereocenters. The summed E-state index contributed by atoms with van der Waals surface area (Å²) in [5, 5.41) is 3.28. The second-order valence-corrected chi connectivity index (χ2v) is 10.4. The number of aromatic nitrogens is 2. The highest BCUT2D eigenvalue weighted by molar-refractivity contribution is 7.89. The number of hydrogen-bond acceptors (Lipinski definition) is 4. The van der Waals surface area contributed by atoms with Crippen molar-refractivity contribution in [2.45, 2.75) is 88.7 Å². The van der Waals surface area contributed by atoms with Crippen LogP contribution in [0.3, 0.4) is 0 Å². The third-order valence-electron chi connectivity index (χ3n) is 5.98. The average Bonchev–Trinajstić information content (AvgIpc) is 3.15. The zero-order chi connectivity index (χ0) is 20.1. The maximum atomic E-state index is 13.0. The van der Waals surface area contributed by atoms with Crippen molar-refractivity contribution in [3.8, 4) is 0 Å². The Kier molecular flexibility index (Phi) is 7.15. The van der Waals surface area contributed by atoms with E-state index < -0.39 is 10.0 Å². The Morgan fingerprint density at radius 2 is 1.79 bits per heavy atom. The molecule has 1 saturated heterocycles. The van der Waals surface area contributed by atoms with Crippen molar-refractivity contribution in [3.05, 3.63) is 12.5 Å². The first-order valence-corrected chi connectivity index (χ1v) is 12.2. The Hall–Kier alpha value is -1.41. The lowest BCUT2D eigenvalue weighted by atomic mass is 9.94. The third kappa shape index (κ3) is 5.14. The van der Waals surface area contributed by atoms with Crippen molar-refractivity contribution in [1.29, 1.82) is 0 Å². The lowest BCUT2D eigenvalue weighted by Crippen LogP contribution is -2.47. The SMILES string of the molecule is CC(C)n1cnc(S(=O)(=O)N2CCCC(C(=O)NC3CCCCCCC3)C2)c1. The number of nitrogens with zero attached hydrogens (tertiary/aromatic N) is 3. The quantitative estimate of drug-likeness (QED) is 0.808.